The predicted octanol–water partition coefficient (Wildman–Crippen LogP) is 1.55. The molecule has 0 unspecified atom stereocenters. The average Bonchev–Trinajstić information content (AvgIpc) is 3.32. The molecule has 5 nitrogen and oxygen atoms in total. The predicted molar refractivity (Wildman–Crippen MR) is 80.6 cm³/mol. The van der Waals surface area contributed by atoms with Crippen LogP contribution in [0, 0.1) is 5.41 Å². The van der Waals surface area contributed by atoms with E-state index in [1.807, 2.05) is 0 Å². The molecule has 0 spiro atoms. The Bertz CT molecular complexity index is 488. The van der Waals surface area contributed by atoms with Gasteiger partial charge in [-0.25, -0.2) is 12.7 Å². The van der Waals surface area contributed by atoms with Crippen LogP contribution in [0.25, 0.3) is 0 Å². The van der Waals surface area contributed by atoms with Crippen LogP contribution in [-0.4, -0.2) is 57.0 Å². The van der Waals surface area contributed by atoms with Gasteiger partial charge < -0.3 is 9.47 Å². The highest BCUT2D eigenvalue weighted by molar-refractivity contribution is 7.90. The Morgan fingerprint density at radius 2 is 2.19 bits per heavy atom. The van der Waals surface area contributed by atoms with E-state index in [1.54, 1.807) is 10.4 Å². The van der Waals surface area contributed by atoms with Crippen molar-refractivity contribution in [3.63, 3.8) is 0 Å². The molecule has 3 aliphatic rings. The fraction of sp³-hybridized carbons (Fsp3) is 0.867. The molecular formula is C15H25NO4S. The number of hydrogen-bond donors (Lipinski definition) is 0. The van der Waals surface area contributed by atoms with E-state index in [9.17, 15) is 8.42 Å². The molecule has 2 saturated heterocycles. The number of nitrogens with zero attached hydrogens (tertiary/aromatic N) is 1. The maximum atomic E-state index is 12.5. The van der Waals surface area contributed by atoms with Gasteiger partial charge in [0.25, 0.3) is 0 Å². The summed E-state index contributed by atoms with van der Waals surface area (Å²) in [5, 5.41) is -0.135. The molecule has 6 heteroatoms. The quantitative estimate of drug-likeness (QED) is 0.551. The number of ether oxygens (including phenoxy) is 2. The van der Waals surface area contributed by atoms with Crippen molar-refractivity contribution in [3.05, 3.63) is 12.7 Å². The lowest BCUT2D eigenvalue weighted by molar-refractivity contribution is -0.140. The summed E-state index contributed by atoms with van der Waals surface area (Å²) < 4.78 is 38.4. The van der Waals surface area contributed by atoms with Gasteiger partial charge in [0.2, 0.25) is 10.0 Å². The fourth-order valence-electron chi connectivity index (χ4n) is 3.60. The highest BCUT2D eigenvalue weighted by Gasteiger charge is 2.51. The van der Waals surface area contributed by atoms with Crippen LogP contribution in [0.1, 0.15) is 32.1 Å². The molecule has 0 radical (unpaired) electrons. The van der Waals surface area contributed by atoms with Gasteiger partial charge in [-0.3, -0.25) is 0 Å². The molecule has 1 saturated carbocycles. The Balaban J connectivity index is 1.75. The van der Waals surface area contributed by atoms with Gasteiger partial charge in [0, 0.05) is 25.1 Å². The molecular weight excluding hydrogens is 290 g/mol. The van der Waals surface area contributed by atoms with Crippen molar-refractivity contribution in [2.75, 3.05) is 32.9 Å². The van der Waals surface area contributed by atoms with Crippen LogP contribution < -0.4 is 0 Å². The SMILES string of the molecule is C=CCOC[C@]12CCCO[C@@H]1CCN(S(=O)(=O)C1CC1)C2. The molecule has 21 heavy (non-hydrogen) atoms. The van der Waals surface area contributed by atoms with Crippen molar-refractivity contribution in [1.82, 2.24) is 4.31 Å². The van der Waals surface area contributed by atoms with E-state index >= 15 is 0 Å². The van der Waals surface area contributed by atoms with E-state index in [2.05, 4.69) is 6.58 Å². The largest absolute Gasteiger partial charge is 0.377 e. The normalized spacial score (nSPS) is 34.4. The Kier molecular flexibility index (Phi) is 4.41. The Hall–Kier alpha value is -0.430. The zero-order valence-electron chi connectivity index (χ0n) is 12.5. The highest BCUT2D eigenvalue weighted by atomic mass is 32.2. The summed E-state index contributed by atoms with van der Waals surface area (Å²) in [6.45, 7) is 6.65. The number of piperidine rings is 1. The monoisotopic (exact) mass is 315 g/mol. The number of fused-ring (bicyclic) bond motifs is 1. The topological polar surface area (TPSA) is 55.8 Å². The minimum absolute atomic E-state index is 0.127. The van der Waals surface area contributed by atoms with E-state index in [0.717, 1.165) is 38.7 Å². The van der Waals surface area contributed by atoms with Gasteiger partial charge in [0.1, 0.15) is 0 Å². The highest BCUT2D eigenvalue weighted by Crippen LogP contribution is 2.43. The summed E-state index contributed by atoms with van der Waals surface area (Å²) in [6.07, 6.45) is 6.23. The summed E-state index contributed by atoms with van der Waals surface area (Å²) >= 11 is 0. The van der Waals surface area contributed by atoms with Crippen LogP contribution in [0.15, 0.2) is 12.7 Å². The summed E-state index contributed by atoms with van der Waals surface area (Å²) in [5.74, 6) is 0. The van der Waals surface area contributed by atoms with E-state index in [1.165, 1.54) is 0 Å². The Morgan fingerprint density at radius 3 is 2.90 bits per heavy atom. The molecule has 2 aliphatic heterocycles. The number of hydrogen-bond acceptors (Lipinski definition) is 4. The number of rotatable bonds is 6. The lowest BCUT2D eigenvalue weighted by Crippen LogP contribution is -2.58. The van der Waals surface area contributed by atoms with Crippen molar-refractivity contribution >= 4 is 10.0 Å². The summed E-state index contributed by atoms with van der Waals surface area (Å²) in [7, 11) is -3.11. The van der Waals surface area contributed by atoms with Crippen molar-refractivity contribution < 1.29 is 17.9 Å². The molecule has 0 bridgehead atoms. The molecule has 3 rings (SSSR count). The summed E-state index contributed by atoms with van der Waals surface area (Å²) in [6, 6.07) is 0. The zero-order valence-corrected chi connectivity index (χ0v) is 13.3. The first-order valence-electron chi connectivity index (χ1n) is 7.88. The van der Waals surface area contributed by atoms with E-state index in [0.29, 0.717) is 26.3 Å². The molecule has 1 aliphatic carbocycles. The summed E-state index contributed by atoms with van der Waals surface area (Å²) in [5.41, 5.74) is -0.179. The van der Waals surface area contributed by atoms with Gasteiger partial charge in [-0.15, -0.1) is 6.58 Å². The third-order valence-corrected chi connectivity index (χ3v) is 7.23. The second-order valence-corrected chi connectivity index (χ2v) is 8.71. The van der Waals surface area contributed by atoms with Crippen molar-refractivity contribution in [3.8, 4) is 0 Å². The molecule has 3 fully saturated rings. The van der Waals surface area contributed by atoms with Crippen molar-refractivity contribution in [2.45, 2.75) is 43.5 Å². The van der Waals surface area contributed by atoms with E-state index in [4.69, 9.17) is 9.47 Å². The van der Waals surface area contributed by atoms with Crippen LogP contribution in [-0.2, 0) is 19.5 Å². The first kappa shape index (κ1) is 15.5. The van der Waals surface area contributed by atoms with Gasteiger partial charge in [-0.1, -0.05) is 6.08 Å². The third kappa shape index (κ3) is 3.04. The summed E-state index contributed by atoms with van der Waals surface area (Å²) in [4.78, 5) is 0. The minimum Gasteiger partial charge on any atom is -0.377 e. The van der Waals surface area contributed by atoms with Gasteiger partial charge in [0.05, 0.1) is 24.6 Å². The Morgan fingerprint density at radius 1 is 1.38 bits per heavy atom. The molecule has 0 aromatic carbocycles. The van der Waals surface area contributed by atoms with Gasteiger partial charge in [-0.2, -0.15) is 0 Å². The second-order valence-electron chi connectivity index (χ2n) is 6.50. The maximum absolute atomic E-state index is 12.5. The first-order chi connectivity index (χ1) is 10.1. The third-order valence-electron chi connectivity index (χ3n) is 4.88. The average molecular weight is 315 g/mol. The first-order valence-corrected chi connectivity index (χ1v) is 9.38. The standard InChI is InChI=1S/C15H25NO4S/c1-2-9-19-12-15-7-3-10-20-14(15)6-8-16(11-15)21(17,18)13-4-5-13/h2,13-14H,1,3-12H2/t14-,15-/m1/s1. The molecule has 0 amide bonds. The maximum Gasteiger partial charge on any atom is 0.217 e. The van der Waals surface area contributed by atoms with Crippen LogP contribution in [0.2, 0.25) is 0 Å². The zero-order chi connectivity index (χ0) is 14.9. The molecule has 0 N–H and O–H groups in total. The van der Waals surface area contributed by atoms with Gasteiger partial charge in [-0.05, 0) is 32.1 Å². The smallest absolute Gasteiger partial charge is 0.217 e. The second kappa shape index (κ2) is 5.99. The molecule has 0 aromatic rings. The van der Waals surface area contributed by atoms with Crippen LogP contribution in [0.5, 0.6) is 0 Å². The van der Waals surface area contributed by atoms with Crippen molar-refractivity contribution in [2.24, 2.45) is 5.41 Å². The molecule has 0 aromatic heterocycles. The lowest BCUT2D eigenvalue weighted by atomic mass is 9.73. The van der Waals surface area contributed by atoms with Gasteiger partial charge >= 0.3 is 0 Å². The van der Waals surface area contributed by atoms with Gasteiger partial charge in [0.15, 0.2) is 0 Å². The fourth-order valence-corrected chi connectivity index (χ4v) is 5.55. The molecule has 120 valence electrons. The van der Waals surface area contributed by atoms with Crippen LogP contribution in [0.3, 0.4) is 0 Å². The number of sulfonamides is 1. The van der Waals surface area contributed by atoms with E-state index in [-0.39, 0.29) is 16.8 Å². The van der Waals surface area contributed by atoms with Crippen LogP contribution in [0.4, 0.5) is 0 Å². The minimum atomic E-state index is -3.11. The Labute approximate surface area is 127 Å². The molecule has 2 atom stereocenters. The van der Waals surface area contributed by atoms with Crippen molar-refractivity contribution in [1.29, 1.82) is 0 Å². The lowest BCUT2D eigenvalue weighted by Gasteiger charge is -2.49. The van der Waals surface area contributed by atoms with E-state index < -0.39 is 10.0 Å². The van der Waals surface area contributed by atoms with Crippen LogP contribution >= 0.6 is 0 Å². The molecule has 2 heterocycles.